The monoisotopic (exact) mass is 523 g/mol. The number of ether oxygens (including phenoxy) is 1. The first-order valence-electron chi connectivity index (χ1n) is 12.1. The van der Waals surface area contributed by atoms with Gasteiger partial charge in [0.1, 0.15) is 15.7 Å². The molecule has 1 amide bonds. The fourth-order valence-corrected chi connectivity index (χ4v) is 6.97. The molecule has 2 aliphatic rings. The van der Waals surface area contributed by atoms with E-state index in [4.69, 9.17) is 9.73 Å². The third-order valence-electron chi connectivity index (χ3n) is 6.45. The normalized spacial score (nSPS) is 18.2. The van der Waals surface area contributed by atoms with Gasteiger partial charge in [0.05, 0.1) is 25.0 Å². The number of aliphatic imine (C=N–C) groups is 1. The minimum Gasteiger partial charge on any atom is -0.497 e. The molecule has 0 radical (unpaired) electrons. The van der Waals surface area contributed by atoms with E-state index in [-0.39, 0.29) is 5.91 Å². The number of amidine groups is 1. The largest absolute Gasteiger partial charge is 0.497 e. The fraction of sp³-hybridized carbons (Fsp3) is 0.133. The van der Waals surface area contributed by atoms with Crippen molar-refractivity contribution in [3.05, 3.63) is 106 Å². The molecule has 0 bridgehead atoms. The highest BCUT2D eigenvalue weighted by atomic mass is 32.2. The number of hydrogen-bond acceptors (Lipinski definition) is 6. The van der Waals surface area contributed by atoms with Crippen molar-refractivity contribution in [1.29, 1.82) is 0 Å². The Morgan fingerprint density at radius 3 is 2.46 bits per heavy atom. The summed E-state index contributed by atoms with van der Waals surface area (Å²) in [6.45, 7) is 3.31. The van der Waals surface area contributed by atoms with Crippen LogP contribution in [0.15, 0.2) is 111 Å². The number of anilines is 1. The van der Waals surface area contributed by atoms with Crippen LogP contribution in [0.2, 0.25) is 0 Å². The van der Waals surface area contributed by atoms with Gasteiger partial charge in [0.15, 0.2) is 5.17 Å². The number of benzene rings is 4. The zero-order valence-corrected chi connectivity index (χ0v) is 22.2. The third kappa shape index (κ3) is 4.38. The SMILES string of the molecule is CCN1/C(=C2/SC(=Nc3cccc4ccccc34)N(Cc3ccccc3)C2=O)Sc2ccc(OC)cc21. The van der Waals surface area contributed by atoms with Crippen LogP contribution in [0, 0.1) is 0 Å². The maximum atomic E-state index is 14.0. The van der Waals surface area contributed by atoms with Gasteiger partial charge in [0.2, 0.25) is 0 Å². The summed E-state index contributed by atoms with van der Waals surface area (Å²) in [4.78, 5) is 24.9. The highest BCUT2D eigenvalue weighted by Gasteiger charge is 2.40. The zero-order chi connectivity index (χ0) is 25.4. The molecule has 7 heteroatoms. The number of carbonyl (C=O) groups is 1. The van der Waals surface area contributed by atoms with E-state index >= 15 is 0 Å². The van der Waals surface area contributed by atoms with Crippen LogP contribution in [0.4, 0.5) is 11.4 Å². The van der Waals surface area contributed by atoms with Crippen molar-refractivity contribution in [3.63, 3.8) is 0 Å². The van der Waals surface area contributed by atoms with Crippen LogP contribution >= 0.6 is 23.5 Å². The number of methoxy groups -OCH3 is 1. The van der Waals surface area contributed by atoms with Gasteiger partial charge < -0.3 is 9.64 Å². The van der Waals surface area contributed by atoms with Crippen molar-refractivity contribution in [2.45, 2.75) is 18.4 Å². The predicted molar refractivity (Wildman–Crippen MR) is 155 cm³/mol. The molecule has 5 nitrogen and oxygen atoms in total. The Bertz CT molecular complexity index is 1560. The molecule has 0 spiro atoms. The summed E-state index contributed by atoms with van der Waals surface area (Å²) in [6, 6.07) is 30.5. The zero-order valence-electron chi connectivity index (χ0n) is 20.5. The number of thioether (sulfide) groups is 2. The molecule has 0 unspecified atom stereocenters. The van der Waals surface area contributed by atoms with Crippen molar-refractivity contribution in [3.8, 4) is 5.75 Å². The molecule has 1 fully saturated rings. The Labute approximate surface area is 224 Å². The summed E-state index contributed by atoms with van der Waals surface area (Å²) in [7, 11) is 1.67. The third-order valence-corrected chi connectivity index (χ3v) is 8.83. The maximum absolute atomic E-state index is 14.0. The molecule has 0 aliphatic carbocycles. The summed E-state index contributed by atoms with van der Waals surface area (Å²) in [6.07, 6.45) is 0. The molecular weight excluding hydrogens is 498 g/mol. The van der Waals surface area contributed by atoms with Crippen LogP contribution in [0.1, 0.15) is 12.5 Å². The van der Waals surface area contributed by atoms with Gasteiger partial charge in [0, 0.05) is 22.9 Å². The summed E-state index contributed by atoms with van der Waals surface area (Å²) in [5, 5.41) is 3.83. The molecule has 0 saturated carbocycles. The number of amides is 1. The van der Waals surface area contributed by atoms with Gasteiger partial charge in [-0.15, -0.1) is 0 Å². The van der Waals surface area contributed by atoms with Gasteiger partial charge in [-0.3, -0.25) is 9.69 Å². The van der Waals surface area contributed by atoms with Crippen LogP contribution in [0.25, 0.3) is 10.8 Å². The number of carbonyl (C=O) groups excluding carboxylic acids is 1. The second-order valence-electron chi connectivity index (χ2n) is 8.69. The maximum Gasteiger partial charge on any atom is 0.269 e. The molecular formula is C30H25N3O2S2. The minimum atomic E-state index is -0.0199. The van der Waals surface area contributed by atoms with Gasteiger partial charge in [-0.05, 0) is 47.8 Å². The minimum absolute atomic E-state index is 0.0199. The van der Waals surface area contributed by atoms with Gasteiger partial charge in [0.25, 0.3) is 5.91 Å². The lowest BCUT2D eigenvalue weighted by molar-refractivity contribution is -0.122. The molecule has 0 aromatic heterocycles. The predicted octanol–water partition coefficient (Wildman–Crippen LogP) is 7.41. The number of hydrogen-bond donors (Lipinski definition) is 0. The van der Waals surface area contributed by atoms with Crippen molar-refractivity contribution >= 4 is 56.7 Å². The van der Waals surface area contributed by atoms with Crippen molar-refractivity contribution < 1.29 is 9.53 Å². The first kappa shape index (κ1) is 23.7. The second-order valence-corrected chi connectivity index (χ2v) is 10.7. The van der Waals surface area contributed by atoms with Gasteiger partial charge in [-0.2, -0.15) is 0 Å². The van der Waals surface area contributed by atoms with E-state index in [0.29, 0.717) is 16.6 Å². The highest BCUT2D eigenvalue weighted by molar-refractivity contribution is 8.19. The first-order chi connectivity index (χ1) is 18.2. The Kier molecular flexibility index (Phi) is 6.40. The van der Waals surface area contributed by atoms with Crippen molar-refractivity contribution in [2.75, 3.05) is 18.6 Å². The van der Waals surface area contributed by atoms with Crippen LogP contribution < -0.4 is 9.64 Å². The van der Waals surface area contributed by atoms with Crippen molar-refractivity contribution in [1.82, 2.24) is 4.90 Å². The topological polar surface area (TPSA) is 45.1 Å². The molecule has 37 heavy (non-hydrogen) atoms. The Balaban J connectivity index is 1.46. The van der Waals surface area contributed by atoms with E-state index in [1.165, 1.54) is 11.8 Å². The van der Waals surface area contributed by atoms with E-state index in [1.54, 1.807) is 18.9 Å². The molecule has 0 atom stereocenters. The number of fused-ring (bicyclic) bond motifs is 2. The molecule has 4 aromatic carbocycles. The summed E-state index contributed by atoms with van der Waals surface area (Å²) >= 11 is 3.09. The lowest BCUT2D eigenvalue weighted by atomic mass is 10.1. The molecule has 2 heterocycles. The van der Waals surface area contributed by atoms with E-state index < -0.39 is 0 Å². The summed E-state index contributed by atoms with van der Waals surface area (Å²) < 4.78 is 5.46. The summed E-state index contributed by atoms with van der Waals surface area (Å²) in [5.41, 5.74) is 2.99. The number of rotatable bonds is 5. The standard InChI is InChI=1S/C30H25N3O2S2/c1-3-32-25-18-22(35-2)16-17-26(25)36-29(32)27-28(34)33(19-20-10-5-4-6-11-20)30(37-27)31-24-15-9-13-21-12-7-8-14-23(21)24/h4-18H,3,19H2,1-2H3/b29-27-,31-30?. The Hall–Kier alpha value is -3.68. The van der Waals surface area contributed by atoms with Crippen LogP contribution in [0.3, 0.4) is 0 Å². The fourth-order valence-electron chi connectivity index (χ4n) is 4.60. The van der Waals surface area contributed by atoms with Crippen LogP contribution in [0.5, 0.6) is 5.75 Å². The molecule has 184 valence electrons. The lowest BCUT2D eigenvalue weighted by Crippen LogP contribution is -2.29. The van der Waals surface area contributed by atoms with Crippen LogP contribution in [-0.2, 0) is 11.3 Å². The second kappa shape index (κ2) is 10.00. The molecule has 2 aliphatic heterocycles. The van der Waals surface area contributed by atoms with E-state index in [1.807, 2.05) is 71.6 Å². The molecule has 6 rings (SSSR count). The molecule has 1 saturated heterocycles. The molecule has 4 aromatic rings. The number of nitrogens with zero attached hydrogens (tertiary/aromatic N) is 3. The Morgan fingerprint density at radius 1 is 0.865 bits per heavy atom. The smallest absolute Gasteiger partial charge is 0.269 e. The highest BCUT2D eigenvalue weighted by Crippen LogP contribution is 2.51. The van der Waals surface area contributed by atoms with Gasteiger partial charge in [-0.25, -0.2) is 4.99 Å². The quantitative estimate of drug-likeness (QED) is 0.255. The lowest BCUT2D eigenvalue weighted by Gasteiger charge is -2.19. The molecule has 0 N–H and O–H groups in total. The average Bonchev–Trinajstić information content (AvgIpc) is 3.45. The van der Waals surface area contributed by atoms with E-state index in [0.717, 1.165) is 49.9 Å². The van der Waals surface area contributed by atoms with Crippen LogP contribution in [-0.4, -0.2) is 29.6 Å². The Morgan fingerprint density at radius 2 is 1.65 bits per heavy atom. The average molecular weight is 524 g/mol. The van der Waals surface area contributed by atoms with Crippen molar-refractivity contribution in [2.24, 2.45) is 4.99 Å². The van der Waals surface area contributed by atoms with Gasteiger partial charge >= 0.3 is 0 Å². The van der Waals surface area contributed by atoms with E-state index in [2.05, 4.69) is 36.1 Å². The van der Waals surface area contributed by atoms with E-state index in [9.17, 15) is 4.79 Å². The first-order valence-corrected chi connectivity index (χ1v) is 13.8. The summed E-state index contributed by atoms with van der Waals surface area (Å²) in [5.74, 6) is 0.784. The van der Waals surface area contributed by atoms with Gasteiger partial charge in [-0.1, -0.05) is 78.5 Å².